The average molecular weight is 188 g/mol. The third-order valence-electron chi connectivity index (χ3n) is 1.71. The molecule has 0 spiro atoms. The van der Waals surface area contributed by atoms with Crippen LogP contribution in [-0.2, 0) is 0 Å². The van der Waals surface area contributed by atoms with Gasteiger partial charge in [-0.15, -0.1) is 0 Å². The van der Waals surface area contributed by atoms with Gasteiger partial charge in [0.15, 0.2) is 0 Å². The van der Waals surface area contributed by atoms with E-state index in [1.165, 1.54) is 0 Å². The second kappa shape index (κ2) is 4.48. The average Bonchev–Trinajstić information content (AvgIpc) is 2.47. The molecule has 0 aliphatic rings. The highest BCUT2D eigenvalue weighted by Gasteiger charge is 2.03. The summed E-state index contributed by atoms with van der Waals surface area (Å²) in [4.78, 5) is 0. The van der Waals surface area contributed by atoms with Crippen LogP contribution < -0.4 is 5.32 Å². The van der Waals surface area contributed by atoms with Crippen LogP contribution in [0.15, 0.2) is 12.4 Å². The van der Waals surface area contributed by atoms with E-state index >= 15 is 0 Å². The zero-order valence-corrected chi connectivity index (χ0v) is 8.17. The number of nitrogens with one attached hydrogen (secondary N) is 1. The molecule has 12 heavy (non-hydrogen) atoms. The maximum absolute atomic E-state index is 5.73. The lowest BCUT2D eigenvalue weighted by Gasteiger charge is -2.11. The van der Waals surface area contributed by atoms with E-state index in [0.717, 1.165) is 13.1 Å². The molecule has 1 heterocycles. The van der Waals surface area contributed by atoms with E-state index in [1.54, 1.807) is 6.20 Å². The maximum atomic E-state index is 5.73. The molecule has 0 radical (unpaired) electrons. The summed E-state index contributed by atoms with van der Waals surface area (Å²) in [5.74, 6) is 0. The van der Waals surface area contributed by atoms with Gasteiger partial charge >= 0.3 is 0 Å². The monoisotopic (exact) mass is 187 g/mol. The van der Waals surface area contributed by atoms with Gasteiger partial charge in [-0.25, -0.2) is 0 Å². The van der Waals surface area contributed by atoms with Gasteiger partial charge in [0.25, 0.3) is 0 Å². The smallest absolute Gasteiger partial charge is 0.0785 e. The molecule has 0 saturated carbocycles. The molecule has 0 aliphatic heterocycles. The highest BCUT2D eigenvalue weighted by atomic mass is 35.5. The Labute approximate surface area is 77.7 Å². The van der Waals surface area contributed by atoms with Crippen LogP contribution in [0.3, 0.4) is 0 Å². The van der Waals surface area contributed by atoms with E-state index in [9.17, 15) is 0 Å². The third kappa shape index (κ3) is 2.50. The highest BCUT2D eigenvalue weighted by Crippen LogP contribution is 2.09. The summed E-state index contributed by atoms with van der Waals surface area (Å²) >= 11 is 5.73. The second-order valence-electron chi connectivity index (χ2n) is 2.80. The number of rotatable bonds is 4. The predicted molar refractivity (Wildman–Crippen MR) is 50.5 cm³/mol. The van der Waals surface area contributed by atoms with Gasteiger partial charge in [-0.1, -0.05) is 18.5 Å². The molecular weight excluding hydrogens is 174 g/mol. The predicted octanol–water partition coefficient (Wildman–Crippen LogP) is 1.71. The lowest BCUT2D eigenvalue weighted by molar-refractivity contribution is 0.460. The van der Waals surface area contributed by atoms with E-state index < -0.39 is 0 Å². The second-order valence-corrected chi connectivity index (χ2v) is 3.23. The first-order chi connectivity index (χ1) is 5.74. The van der Waals surface area contributed by atoms with Gasteiger partial charge in [0.05, 0.1) is 17.3 Å². The Hall–Kier alpha value is -0.540. The van der Waals surface area contributed by atoms with Crippen LogP contribution in [-0.4, -0.2) is 22.9 Å². The fourth-order valence-corrected chi connectivity index (χ4v) is 1.15. The van der Waals surface area contributed by atoms with Gasteiger partial charge in [-0.2, -0.15) is 5.10 Å². The standard InChI is InChI=1S/C8H14ClN3/c1-3-10-4-7(2)12-6-8(9)5-11-12/h5-7,10H,3-4H2,1-2H3. The van der Waals surface area contributed by atoms with Crippen molar-refractivity contribution in [1.29, 1.82) is 0 Å². The molecule has 1 aromatic heterocycles. The van der Waals surface area contributed by atoms with Crippen molar-refractivity contribution in [3.05, 3.63) is 17.4 Å². The van der Waals surface area contributed by atoms with Gasteiger partial charge in [0.2, 0.25) is 0 Å². The Morgan fingerprint density at radius 3 is 3.00 bits per heavy atom. The zero-order valence-electron chi connectivity index (χ0n) is 7.42. The lowest BCUT2D eigenvalue weighted by atomic mass is 10.3. The van der Waals surface area contributed by atoms with Crippen LogP contribution >= 0.6 is 11.6 Å². The number of aromatic nitrogens is 2. The van der Waals surface area contributed by atoms with Crippen molar-refractivity contribution >= 4 is 11.6 Å². The van der Waals surface area contributed by atoms with Crippen molar-refractivity contribution in [2.45, 2.75) is 19.9 Å². The van der Waals surface area contributed by atoms with Crippen LogP contribution in [0.1, 0.15) is 19.9 Å². The van der Waals surface area contributed by atoms with Crippen LogP contribution in [0.25, 0.3) is 0 Å². The summed E-state index contributed by atoms with van der Waals surface area (Å²) < 4.78 is 1.87. The summed E-state index contributed by atoms with van der Waals surface area (Å²) in [7, 11) is 0. The molecule has 4 heteroatoms. The highest BCUT2D eigenvalue weighted by molar-refractivity contribution is 6.30. The minimum absolute atomic E-state index is 0.359. The molecule has 1 N–H and O–H groups in total. The van der Waals surface area contributed by atoms with Crippen LogP contribution in [0.2, 0.25) is 5.02 Å². The molecule has 0 fully saturated rings. The van der Waals surface area contributed by atoms with Crippen molar-refractivity contribution in [2.24, 2.45) is 0 Å². The summed E-state index contributed by atoms with van der Waals surface area (Å²) in [6, 6.07) is 0.359. The summed E-state index contributed by atoms with van der Waals surface area (Å²) in [6.45, 7) is 6.10. The van der Waals surface area contributed by atoms with E-state index in [4.69, 9.17) is 11.6 Å². The first-order valence-electron chi connectivity index (χ1n) is 4.14. The minimum atomic E-state index is 0.359. The van der Waals surface area contributed by atoms with E-state index in [-0.39, 0.29) is 0 Å². The summed E-state index contributed by atoms with van der Waals surface area (Å²) in [5.41, 5.74) is 0. The van der Waals surface area contributed by atoms with Crippen molar-refractivity contribution in [3.8, 4) is 0 Å². The third-order valence-corrected chi connectivity index (χ3v) is 1.91. The molecule has 0 aromatic carbocycles. The van der Waals surface area contributed by atoms with Gasteiger partial charge in [-0.05, 0) is 13.5 Å². The quantitative estimate of drug-likeness (QED) is 0.778. The fourth-order valence-electron chi connectivity index (χ4n) is 1.00. The molecule has 1 atom stereocenters. The van der Waals surface area contributed by atoms with Crippen molar-refractivity contribution in [1.82, 2.24) is 15.1 Å². The van der Waals surface area contributed by atoms with Crippen molar-refractivity contribution < 1.29 is 0 Å². The molecule has 68 valence electrons. The molecule has 0 saturated heterocycles. The van der Waals surface area contributed by atoms with E-state index in [1.807, 2.05) is 10.9 Å². The first kappa shape index (κ1) is 9.55. The minimum Gasteiger partial charge on any atom is -0.315 e. The normalized spacial score (nSPS) is 13.2. The van der Waals surface area contributed by atoms with Gasteiger partial charge in [0, 0.05) is 12.7 Å². The fraction of sp³-hybridized carbons (Fsp3) is 0.625. The molecule has 1 rings (SSSR count). The van der Waals surface area contributed by atoms with Crippen molar-refractivity contribution in [2.75, 3.05) is 13.1 Å². The van der Waals surface area contributed by atoms with E-state index in [2.05, 4.69) is 24.3 Å². The SMILES string of the molecule is CCNCC(C)n1cc(Cl)cn1. The molecule has 0 aliphatic carbocycles. The Morgan fingerprint density at radius 2 is 2.50 bits per heavy atom. The topological polar surface area (TPSA) is 29.9 Å². The van der Waals surface area contributed by atoms with Gasteiger partial charge in [0.1, 0.15) is 0 Å². The van der Waals surface area contributed by atoms with Gasteiger partial charge in [-0.3, -0.25) is 4.68 Å². The largest absolute Gasteiger partial charge is 0.315 e. The molecule has 1 aromatic rings. The van der Waals surface area contributed by atoms with Crippen molar-refractivity contribution in [3.63, 3.8) is 0 Å². The number of hydrogen-bond acceptors (Lipinski definition) is 2. The molecule has 3 nitrogen and oxygen atoms in total. The number of hydrogen-bond donors (Lipinski definition) is 1. The Bertz CT molecular complexity index is 234. The first-order valence-corrected chi connectivity index (χ1v) is 4.52. The summed E-state index contributed by atoms with van der Waals surface area (Å²) in [6.07, 6.45) is 3.49. The Morgan fingerprint density at radius 1 is 1.75 bits per heavy atom. The lowest BCUT2D eigenvalue weighted by Crippen LogP contribution is -2.23. The zero-order chi connectivity index (χ0) is 8.97. The van der Waals surface area contributed by atoms with Crippen LogP contribution in [0.4, 0.5) is 0 Å². The number of halogens is 1. The number of likely N-dealkylation sites (N-methyl/N-ethyl adjacent to an activating group) is 1. The Balaban J connectivity index is 2.47. The van der Waals surface area contributed by atoms with Gasteiger partial charge < -0.3 is 5.32 Å². The molecule has 0 amide bonds. The summed E-state index contributed by atoms with van der Waals surface area (Å²) in [5, 5.41) is 8.06. The maximum Gasteiger partial charge on any atom is 0.0785 e. The van der Waals surface area contributed by atoms with Crippen LogP contribution in [0, 0.1) is 0 Å². The van der Waals surface area contributed by atoms with Crippen LogP contribution in [0.5, 0.6) is 0 Å². The molecule has 1 unspecified atom stereocenters. The molecule has 0 bridgehead atoms. The Kier molecular flexibility index (Phi) is 3.56. The molecular formula is C8H14ClN3. The van der Waals surface area contributed by atoms with E-state index in [0.29, 0.717) is 11.1 Å². The number of nitrogens with zero attached hydrogens (tertiary/aromatic N) is 2.